The maximum Gasteiger partial charge on any atom is 0.433 e. The zero-order chi connectivity index (χ0) is 12.3. The molecule has 6 heteroatoms. The summed E-state index contributed by atoms with van der Waals surface area (Å²) in [5, 5.41) is 2.96. The van der Waals surface area contributed by atoms with E-state index in [2.05, 4.69) is 15.3 Å². The van der Waals surface area contributed by atoms with Crippen LogP contribution in [0.1, 0.15) is 31.3 Å². The Morgan fingerprint density at radius 3 is 2.44 bits per heavy atom. The number of alkyl halides is 3. The van der Waals surface area contributed by atoms with E-state index in [-0.39, 0.29) is 17.8 Å². The van der Waals surface area contributed by atoms with Gasteiger partial charge >= 0.3 is 6.18 Å². The van der Waals surface area contributed by atoms with Crippen molar-refractivity contribution in [1.82, 2.24) is 15.3 Å². The lowest BCUT2D eigenvalue weighted by molar-refractivity contribution is -0.141. The minimum atomic E-state index is -4.42. The van der Waals surface area contributed by atoms with Crippen molar-refractivity contribution in [3.05, 3.63) is 23.8 Å². The molecule has 1 rings (SSSR count). The van der Waals surface area contributed by atoms with Gasteiger partial charge in [-0.3, -0.25) is 0 Å². The summed E-state index contributed by atoms with van der Waals surface area (Å²) in [6.45, 7) is 3.66. The highest BCUT2D eigenvalue weighted by Crippen LogP contribution is 2.28. The molecule has 2 atom stereocenters. The topological polar surface area (TPSA) is 37.8 Å². The van der Waals surface area contributed by atoms with Crippen LogP contribution >= 0.6 is 0 Å². The lowest BCUT2D eigenvalue weighted by atomic mass is 10.0. The van der Waals surface area contributed by atoms with Gasteiger partial charge in [-0.15, -0.1) is 0 Å². The third kappa shape index (κ3) is 2.91. The van der Waals surface area contributed by atoms with Crippen LogP contribution in [-0.2, 0) is 6.18 Å². The summed E-state index contributed by atoms with van der Waals surface area (Å²) in [5.41, 5.74) is -0.896. The van der Waals surface area contributed by atoms with Crippen molar-refractivity contribution < 1.29 is 13.2 Å². The van der Waals surface area contributed by atoms with E-state index >= 15 is 0 Å². The van der Waals surface area contributed by atoms with Gasteiger partial charge in [-0.2, -0.15) is 13.2 Å². The number of hydrogen-bond acceptors (Lipinski definition) is 3. The summed E-state index contributed by atoms with van der Waals surface area (Å²) in [5.74, 6) is 0.0315. The zero-order valence-corrected chi connectivity index (χ0v) is 9.34. The van der Waals surface area contributed by atoms with Crippen LogP contribution in [0.5, 0.6) is 0 Å². The second-order valence-electron chi connectivity index (χ2n) is 3.66. The molecule has 0 aliphatic carbocycles. The number of aromatic nitrogens is 2. The molecule has 0 amide bonds. The van der Waals surface area contributed by atoms with Gasteiger partial charge in [0.1, 0.15) is 11.5 Å². The Morgan fingerprint density at radius 1 is 1.31 bits per heavy atom. The van der Waals surface area contributed by atoms with Gasteiger partial charge in [0.2, 0.25) is 0 Å². The molecule has 16 heavy (non-hydrogen) atoms. The van der Waals surface area contributed by atoms with Gasteiger partial charge in [0.15, 0.2) is 0 Å². The van der Waals surface area contributed by atoms with Crippen molar-refractivity contribution in [3.8, 4) is 0 Å². The minimum Gasteiger partial charge on any atom is -0.317 e. The smallest absolute Gasteiger partial charge is 0.317 e. The monoisotopic (exact) mass is 233 g/mol. The molecule has 1 aromatic rings. The second kappa shape index (κ2) is 4.78. The third-order valence-electron chi connectivity index (χ3n) is 2.58. The minimum absolute atomic E-state index is 0.0171. The van der Waals surface area contributed by atoms with Crippen molar-refractivity contribution in [2.45, 2.75) is 32.0 Å². The molecule has 0 aliphatic heterocycles. The number of halogens is 3. The summed E-state index contributed by atoms with van der Waals surface area (Å²) in [4.78, 5) is 7.41. The fourth-order valence-corrected chi connectivity index (χ4v) is 1.22. The van der Waals surface area contributed by atoms with Crippen molar-refractivity contribution in [1.29, 1.82) is 0 Å². The fourth-order valence-electron chi connectivity index (χ4n) is 1.22. The average Bonchev–Trinajstić information content (AvgIpc) is 2.26. The SMILES string of the molecule is CNC(C)C(C)c1nccc(C(F)(F)F)n1. The average molecular weight is 233 g/mol. The first-order valence-electron chi connectivity index (χ1n) is 4.93. The van der Waals surface area contributed by atoms with Gasteiger partial charge in [-0.1, -0.05) is 6.92 Å². The zero-order valence-electron chi connectivity index (χ0n) is 9.34. The third-order valence-corrected chi connectivity index (χ3v) is 2.58. The maximum absolute atomic E-state index is 12.4. The predicted molar refractivity (Wildman–Crippen MR) is 54.0 cm³/mol. The normalized spacial score (nSPS) is 15.9. The maximum atomic E-state index is 12.4. The molecule has 0 spiro atoms. The summed E-state index contributed by atoms with van der Waals surface area (Å²) >= 11 is 0. The van der Waals surface area contributed by atoms with Gasteiger partial charge < -0.3 is 5.32 Å². The Morgan fingerprint density at radius 2 is 1.94 bits per heavy atom. The Kier molecular flexibility index (Phi) is 3.85. The highest BCUT2D eigenvalue weighted by atomic mass is 19.4. The molecule has 90 valence electrons. The summed E-state index contributed by atoms with van der Waals surface area (Å²) < 4.78 is 37.2. The highest BCUT2D eigenvalue weighted by molar-refractivity contribution is 5.09. The molecule has 0 saturated heterocycles. The van der Waals surface area contributed by atoms with E-state index in [1.807, 2.05) is 6.92 Å². The molecule has 1 heterocycles. The largest absolute Gasteiger partial charge is 0.433 e. The lowest BCUT2D eigenvalue weighted by Crippen LogP contribution is -2.28. The Labute approximate surface area is 92.1 Å². The number of nitrogens with one attached hydrogen (secondary N) is 1. The Balaban J connectivity index is 2.99. The first kappa shape index (κ1) is 12.9. The second-order valence-corrected chi connectivity index (χ2v) is 3.66. The Hall–Kier alpha value is -1.17. The van der Waals surface area contributed by atoms with E-state index in [4.69, 9.17) is 0 Å². The number of likely N-dealkylation sites (N-methyl/N-ethyl adjacent to an activating group) is 1. The van der Waals surface area contributed by atoms with Gasteiger partial charge in [0, 0.05) is 18.2 Å². The number of rotatable bonds is 3. The molecule has 1 N–H and O–H groups in total. The molecule has 0 aromatic carbocycles. The van der Waals surface area contributed by atoms with Crippen molar-refractivity contribution in [2.75, 3.05) is 7.05 Å². The van der Waals surface area contributed by atoms with Crippen LogP contribution in [0.15, 0.2) is 12.3 Å². The van der Waals surface area contributed by atoms with Crippen LogP contribution < -0.4 is 5.32 Å². The standard InChI is InChI=1S/C10H14F3N3/c1-6(7(2)14-3)9-15-5-4-8(16-9)10(11,12)13/h4-7,14H,1-3H3. The van der Waals surface area contributed by atoms with Gasteiger partial charge in [0.25, 0.3) is 0 Å². The molecular weight excluding hydrogens is 219 g/mol. The molecule has 0 saturated carbocycles. The van der Waals surface area contributed by atoms with Crippen molar-refractivity contribution in [3.63, 3.8) is 0 Å². The molecule has 0 bridgehead atoms. The van der Waals surface area contributed by atoms with Crippen LogP contribution in [0, 0.1) is 0 Å². The van der Waals surface area contributed by atoms with Gasteiger partial charge in [0.05, 0.1) is 0 Å². The van der Waals surface area contributed by atoms with E-state index < -0.39 is 11.9 Å². The van der Waals surface area contributed by atoms with E-state index in [1.165, 1.54) is 0 Å². The first-order valence-corrected chi connectivity index (χ1v) is 4.93. The van der Waals surface area contributed by atoms with Crippen LogP contribution in [0.25, 0.3) is 0 Å². The quantitative estimate of drug-likeness (QED) is 0.869. The van der Waals surface area contributed by atoms with Crippen LogP contribution in [0.4, 0.5) is 13.2 Å². The fraction of sp³-hybridized carbons (Fsp3) is 0.600. The molecule has 0 aliphatic rings. The molecular formula is C10H14F3N3. The van der Waals surface area contributed by atoms with E-state index in [0.717, 1.165) is 12.3 Å². The summed E-state index contributed by atoms with van der Waals surface area (Å²) in [6, 6.07) is 0.892. The Bertz CT molecular complexity index is 351. The van der Waals surface area contributed by atoms with Crippen LogP contribution in [-0.4, -0.2) is 23.1 Å². The molecule has 2 unspecified atom stereocenters. The summed E-state index contributed by atoms with van der Waals surface area (Å²) in [6.07, 6.45) is -3.27. The van der Waals surface area contributed by atoms with Gasteiger partial charge in [-0.25, -0.2) is 9.97 Å². The lowest BCUT2D eigenvalue weighted by Gasteiger charge is -2.18. The van der Waals surface area contributed by atoms with Crippen molar-refractivity contribution >= 4 is 0 Å². The summed E-state index contributed by atoms with van der Waals surface area (Å²) in [7, 11) is 1.74. The molecule has 0 radical (unpaired) electrons. The number of nitrogens with zero attached hydrogens (tertiary/aromatic N) is 2. The molecule has 1 aromatic heterocycles. The number of hydrogen-bond donors (Lipinski definition) is 1. The van der Waals surface area contributed by atoms with Crippen LogP contribution in [0.2, 0.25) is 0 Å². The first-order chi connectivity index (χ1) is 7.36. The predicted octanol–water partition coefficient (Wildman–Crippen LogP) is 2.21. The van der Waals surface area contributed by atoms with E-state index in [0.29, 0.717) is 0 Å². The van der Waals surface area contributed by atoms with E-state index in [1.54, 1.807) is 14.0 Å². The van der Waals surface area contributed by atoms with Crippen LogP contribution in [0.3, 0.4) is 0 Å². The molecule has 0 fully saturated rings. The van der Waals surface area contributed by atoms with E-state index in [9.17, 15) is 13.2 Å². The van der Waals surface area contributed by atoms with Gasteiger partial charge in [-0.05, 0) is 20.0 Å². The molecule has 3 nitrogen and oxygen atoms in total. The highest BCUT2D eigenvalue weighted by Gasteiger charge is 2.33. The van der Waals surface area contributed by atoms with Crippen molar-refractivity contribution in [2.24, 2.45) is 0 Å².